The first-order valence-electron chi connectivity index (χ1n) is 3.35. The quantitative estimate of drug-likeness (QED) is 0.622. The summed E-state index contributed by atoms with van der Waals surface area (Å²) in [7, 11) is 0. The zero-order valence-corrected chi connectivity index (χ0v) is 7.61. The van der Waals surface area contributed by atoms with Crippen molar-refractivity contribution in [2.45, 2.75) is 4.90 Å². The minimum atomic E-state index is -1.47. The summed E-state index contributed by atoms with van der Waals surface area (Å²) in [6.07, 6.45) is 1.48. The molecule has 1 aromatic rings. The van der Waals surface area contributed by atoms with E-state index < -0.39 is 11.2 Å². The van der Waals surface area contributed by atoms with Gasteiger partial charge in [0.05, 0.1) is 4.36 Å². The fourth-order valence-corrected chi connectivity index (χ4v) is 2.64. The van der Waals surface area contributed by atoms with Gasteiger partial charge >= 0.3 is 0 Å². The Labute approximate surface area is 77.0 Å². The lowest BCUT2D eigenvalue weighted by atomic mass is 10.2. The van der Waals surface area contributed by atoms with E-state index in [9.17, 15) is 8.94 Å². The number of thiol groups is 1. The van der Waals surface area contributed by atoms with E-state index in [2.05, 4.69) is 0 Å². The van der Waals surface area contributed by atoms with E-state index in [1.165, 1.54) is 12.1 Å². The number of fused-ring (bicyclic) bond motifs is 1. The second-order valence-corrected chi connectivity index (χ2v) is 4.71. The monoisotopic (exact) mass is 204 g/mol. The molecule has 1 unspecified atom stereocenters. The third kappa shape index (κ3) is 1.05. The highest BCUT2D eigenvalue weighted by Gasteiger charge is 2.20. The average Bonchev–Trinajstić information content (AvgIpc) is 2.32. The van der Waals surface area contributed by atoms with Gasteiger partial charge in [-0.2, -0.15) is 0 Å². The highest BCUT2D eigenvalue weighted by Crippen LogP contribution is 2.51. The third-order valence-electron chi connectivity index (χ3n) is 1.72. The number of rotatable bonds is 0. The molecule has 0 aliphatic carbocycles. The van der Waals surface area contributed by atoms with Gasteiger partial charge in [0.1, 0.15) is 5.82 Å². The van der Waals surface area contributed by atoms with E-state index in [-0.39, 0.29) is 5.82 Å². The van der Waals surface area contributed by atoms with Gasteiger partial charge in [-0.1, -0.05) is 28.8 Å². The number of hydrogen-bond donors (Lipinski definition) is 2. The van der Waals surface area contributed by atoms with Crippen molar-refractivity contribution >= 4 is 28.9 Å². The van der Waals surface area contributed by atoms with E-state index in [0.717, 1.165) is 0 Å². The molecule has 1 N–H and O–H groups in total. The minimum Gasteiger partial charge on any atom is -0.345 e. The van der Waals surface area contributed by atoms with Gasteiger partial charge in [-0.05, 0) is 18.2 Å². The van der Waals surface area contributed by atoms with E-state index in [4.69, 9.17) is 11.6 Å². The van der Waals surface area contributed by atoms with Crippen LogP contribution in [0.1, 0.15) is 5.56 Å². The third-order valence-corrected chi connectivity index (χ3v) is 3.69. The molecule has 0 fully saturated rings. The van der Waals surface area contributed by atoms with Crippen molar-refractivity contribution in [3.05, 3.63) is 33.9 Å². The highest BCUT2D eigenvalue weighted by atomic mass is 35.5. The first-order chi connectivity index (χ1) is 5.70. The molecule has 0 saturated heterocycles. The molecule has 0 spiro atoms. The molecule has 1 atom stereocenters. The maximum absolute atomic E-state index is 13.0. The van der Waals surface area contributed by atoms with Crippen LogP contribution in [0.3, 0.4) is 0 Å². The summed E-state index contributed by atoms with van der Waals surface area (Å²) in [4.78, 5) is 0.606. The summed E-state index contributed by atoms with van der Waals surface area (Å²) in [5.41, 5.74) is 0.427. The standard InChI is InChI=1S/C8H6ClFOS/c9-8-4-5-6(10)2-1-3-7(5)12(8)11/h1-4,11-12H. The first-order valence-corrected chi connectivity index (χ1v) is 5.02. The predicted octanol–water partition coefficient (Wildman–Crippen LogP) is 3.21. The molecular formula is C8H6ClFOS. The van der Waals surface area contributed by atoms with Crippen LogP contribution in [-0.2, 0) is 0 Å². The largest absolute Gasteiger partial charge is 0.345 e. The lowest BCUT2D eigenvalue weighted by Crippen LogP contribution is -1.83. The molecule has 1 aliphatic heterocycles. The Morgan fingerprint density at radius 1 is 1.42 bits per heavy atom. The maximum atomic E-state index is 13.0. The van der Waals surface area contributed by atoms with Crippen LogP contribution in [0.25, 0.3) is 6.08 Å². The summed E-state index contributed by atoms with van der Waals surface area (Å²) < 4.78 is 22.8. The molecule has 0 saturated carbocycles. The van der Waals surface area contributed by atoms with E-state index in [1.807, 2.05) is 0 Å². The van der Waals surface area contributed by atoms with E-state index in [1.54, 1.807) is 12.1 Å². The Kier molecular flexibility index (Phi) is 1.87. The van der Waals surface area contributed by atoms with Gasteiger partial charge in [-0.15, -0.1) is 0 Å². The van der Waals surface area contributed by atoms with Gasteiger partial charge in [-0.3, -0.25) is 0 Å². The number of halogens is 2. The van der Waals surface area contributed by atoms with E-state index in [0.29, 0.717) is 14.8 Å². The smallest absolute Gasteiger partial charge is 0.131 e. The van der Waals surface area contributed by atoms with Gasteiger partial charge < -0.3 is 4.55 Å². The Hall–Kier alpha value is -0.510. The molecule has 0 bridgehead atoms. The van der Waals surface area contributed by atoms with Crippen molar-refractivity contribution in [3.63, 3.8) is 0 Å². The lowest BCUT2D eigenvalue weighted by Gasteiger charge is -2.08. The second-order valence-electron chi connectivity index (χ2n) is 2.45. The molecule has 64 valence electrons. The Morgan fingerprint density at radius 3 is 2.83 bits per heavy atom. The van der Waals surface area contributed by atoms with Gasteiger partial charge in [0.25, 0.3) is 0 Å². The van der Waals surface area contributed by atoms with Gasteiger partial charge in [0, 0.05) is 10.5 Å². The van der Waals surface area contributed by atoms with Crippen molar-refractivity contribution in [2.24, 2.45) is 0 Å². The summed E-state index contributed by atoms with van der Waals surface area (Å²) in [6, 6.07) is 4.62. The molecule has 0 aromatic heterocycles. The summed E-state index contributed by atoms with van der Waals surface area (Å²) in [5.74, 6) is -0.329. The molecule has 1 aromatic carbocycles. The van der Waals surface area contributed by atoms with Gasteiger partial charge in [-0.25, -0.2) is 4.39 Å². The molecule has 0 radical (unpaired) electrons. The maximum Gasteiger partial charge on any atom is 0.131 e. The van der Waals surface area contributed by atoms with Crippen LogP contribution in [0.2, 0.25) is 0 Å². The Balaban J connectivity index is 2.64. The number of benzene rings is 1. The van der Waals surface area contributed by atoms with Crippen LogP contribution in [0.4, 0.5) is 4.39 Å². The second kappa shape index (κ2) is 2.76. The van der Waals surface area contributed by atoms with Crippen LogP contribution in [0, 0.1) is 5.82 Å². The summed E-state index contributed by atoms with van der Waals surface area (Å²) >= 11 is 4.20. The number of hydrogen-bond acceptors (Lipinski definition) is 1. The normalized spacial score (nSPS) is 23.6. The SMILES string of the molecule is O[SH]1C(Cl)=Cc2c(F)cccc21. The Morgan fingerprint density at radius 2 is 2.17 bits per heavy atom. The predicted molar refractivity (Wildman–Crippen MR) is 50.1 cm³/mol. The fourth-order valence-electron chi connectivity index (χ4n) is 1.15. The minimum absolute atomic E-state index is 0.329. The molecule has 12 heavy (non-hydrogen) atoms. The van der Waals surface area contributed by atoms with Crippen molar-refractivity contribution in [3.8, 4) is 0 Å². The topological polar surface area (TPSA) is 20.2 Å². The zero-order valence-electron chi connectivity index (χ0n) is 5.96. The van der Waals surface area contributed by atoms with Crippen LogP contribution < -0.4 is 0 Å². The summed E-state index contributed by atoms with van der Waals surface area (Å²) in [5, 5.41) is 0. The molecule has 2 rings (SSSR count). The van der Waals surface area contributed by atoms with Crippen molar-refractivity contribution < 1.29 is 8.94 Å². The Bertz CT molecular complexity index is 364. The lowest BCUT2D eigenvalue weighted by molar-refractivity contribution is 0.618. The summed E-state index contributed by atoms with van der Waals surface area (Å²) in [6.45, 7) is 0. The molecule has 0 amide bonds. The van der Waals surface area contributed by atoms with Crippen LogP contribution in [-0.4, -0.2) is 4.55 Å². The molecule has 4 heteroatoms. The van der Waals surface area contributed by atoms with Gasteiger partial charge in [0.15, 0.2) is 0 Å². The van der Waals surface area contributed by atoms with Gasteiger partial charge in [0.2, 0.25) is 0 Å². The molecule has 1 nitrogen and oxygen atoms in total. The zero-order chi connectivity index (χ0) is 8.72. The average molecular weight is 205 g/mol. The van der Waals surface area contributed by atoms with Crippen molar-refractivity contribution in [2.75, 3.05) is 0 Å². The highest BCUT2D eigenvalue weighted by molar-refractivity contribution is 8.17. The molecular weight excluding hydrogens is 199 g/mol. The first kappa shape index (κ1) is 8.10. The molecule has 1 heterocycles. The van der Waals surface area contributed by atoms with E-state index >= 15 is 0 Å². The van der Waals surface area contributed by atoms with Crippen LogP contribution in [0.5, 0.6) is 0 Å². The van der Waals surface area contributed by atoms with Crippen molar-refractivity contribution in [1.82, 2.24) is 0 Å². The van der Waals surface area contributed by atoms with Crippen molar-refractivity contribution in [1.29, 1.82) is 0 Å². The fraction of sp³-hybridized carbons (Fsp3) is 0. The molecule has 1 aliphatic rings. The van der Waals surface area contributed by atoms with Crippen LogP contribution >= 0.6 is 22.8 Å². The van der Waals surface area contributed by atoms with Crippen LogP contribution in [0.15, 0.2) is 27.5 Å².